The second-order valence-electron chi connectivity index (χ2n) is 10.2. The molecule has 2 N–H and O–H groups in total. The molecule has 1 aromatic carbocycles. The minimum Gasteiger partial charge on any atom is -0.381 e. The third-order valence-electron chi connectivity index (χ3n) is 7.40. The van der Waals surface area contributed by atoms with Gasteiger partial charge in [0.25, 0.3) is 0 Å². The Morgan fingerprint density at radius 2 is 1.86 bits per heavy atom. The molecule has 2 fully saturated rings. The zero-order chi connectivity index (χ0) is 25.3. The smallest absolute Gasteiger partial charge is 0.318 e. The molecule has 5 rings (SSSR count). The number of aromatic nitrogens is 2. The summed E-state index contributed by atoms with van der Waals surface area (Å²) in [5.74, 6) is 0.577. The molecule has 2 aromatic rings. The average molecular weight is 515 g/mol. The fourth-order valence-corrected chi connectivity index (χ4v) is 6.78. The van der Waals surface area contributed by atoms with E-state index in [0.29, 0.717) is 25.5 Å². The van der Waals surface area contributed by atoms with Crippen molar-refractivity contribution in [3.8, 4) is 0 Å². The molecule has 0 bridgehead atoms. The van der Waals surface area contributed by atoms with Crippen LogP contribution in [-0.2, 0) is 26.8 Å². The Morgan fingerprint density at radius 3 is 2.61 bits per heavy atom. The van der Waals surface area contributed by atoms with E-state index in [1.54, 1.807) is 35.2 Å². The first-order valence-corrected chi connectivity index (χ1v) is 14.0. The van der Waals surface area contributed by atoms with E-state index in [9.17, 15) is 13.2 Å². The van der Waals surface area contributed by atoms with E-state index < -0.39 is 15.6 Å². The summed E-state index contributed by atoms with van der Waals surface area (Å²) in [6.45, 7) is 6.51. The van der Waals surface area contributed by atoms with Crippen LogP contribution in [0.15, 0.2) is 41.4 Å². The molecular formula is C25H34N6O4S. The van der Waals surface area contributed by atoms with E-state index in [-0.39, 0.29) is 29.6 Å². The lowest BCUT2D eigenvalue weighted by molar-refractivity contribution is 0.0903. The van der Waals surface area contributed by atoms with E-state index in [4.69, 9.17) is 9.72 Å². The van der Waals surface area contributed by atoms with Crippen LogP contribution in [-0.4, -0.2) is 72.0 Å². The predicted molar refractivity (Wildman–Crippen MR) is 135 cm³/mol. The molecule has 2 amide bonds. The second-order valence-corrected chi connectivity index (χ2v) is 12.1. The molecule has 1 aromatic heterocycles. The largest absolute Gasteiger partial charge is 0.381 e. The lowest BCUT2D eigenvalue weighted by Gasteiger charge is -2.36. The van der Waals surface area contributed by atoms with Gasteiger partial charge in [-0.25, -0.2) is 23.2 Å². The van der Waals surface area contributed by atoms with Gasteiger partial charge in [0.1, 0.15) is 0 Å². The molecule has 0 radical (unpaired) electrons. The number of benzene rings is 1. The number of urea groups is 1. The Morgan fingerprint density at radius 1 is 1.11 bits per heavy atom. The summed E-state index contributed by atoms with van der Waals surface area (Å²) in [7, 11) is -3.60. The molecule has 0 spiro atoms. The fourth-order valence-electron chi connectivity index (χ4n) is 5.23. The molecule has 1 unspecified atom stereocenters. The zero-order valence-electron chi connectivity index (χ0n) is 20.8. The summed E-state index contributed by atoms with van der Waals surface area (Å²) in [4.78, 5) is 24.7. The minimum absolute atomic E-state index is 0.221. The maximum absolute atomic E-state index is 13.4. The van der Waals surface area contributed by atoms with Gasteiger partial charge >= 0.3 is 6.03 Å². The van der Waals surface area contributed by atoms with Gasteiger partial charge in [-0.15, -0.1) is 0 Å². The number of piperidine rings is 1. The number of nitrogens with zero attached hydrogens (tertiary/aromatic N) is 4. The Balaban J connectivity index is 1.25. The quantitative estimate of drug-likeness (QED) is 0.630. The van der Waals surface area contributed by atoms with Gasteiger partial charge in [-0.05, 0) is 51.7 Å². The van der Waals surface area contributed by atoms with E-state index in [0.717, 1.165) is 43.7 Å². The number of ether oxygens (including phenoxy) is 1. The van der Waals surface area contributed by atoms with Crippen molar-refractivity contribution >= 4 is 22.0 Å². The Bertz CT molecular complexity index is 1200. The number of hydrogen-bond donors (Lipinski definition) is 2. The number of carbonyl (C=O) groups is 1. The lowest BCUT2D eigenvalue weighted by atomic mass is 9.97. The van der Waals surface area contributed by atoms with Crippen LogP contribution in [0.4, 0.5) is 10.7 Å². The summed E-state index contributed by atoms with van der Waals surface area (Å²) in [5, 5.41) is 6.48. The van der Waals surface area contributed by atoms with Gasteiger partial charge in [-0.1, -0.05) is 18.2 Å². The predicted octanol–water partition coefficient (Wildman–Crippen LogP) is 2.68. The maximum atomic E-state index is 13.4. The molecule has 4 heterocycles. The first kappa shape index (κ1) is 24.9. The SMILES string of the molecule is CC1(C)c2cnc(NC3CCOCC3)nc2CN1C(=O)NC1CCCN(S(=O)(=O)c2ccccc2)C1. The van der Waals surface area contributed by atoms with E-state index in [2.05, 4.69) is 15.6 Å². The molecule has 36 heavy (non-hydrogen) atoms. The molecule has 11 heteroatoms. The van der Waals surface area contributed by atoms with Crippen LogP contribution in [0.1, 0.15) is 50.8 Å². The fraction of sp³-hybridized carbons (Fsp3) is 0.560. The van der Waals surface area contributed by atoms with Crippen LogP contribution < -0.4 is 10.6 Å². The highest BCUT2D eigenvalue weighted by atomic mass is 32.2. The van der Waals surface area contributed by atoms with Gasteiger partial charge in [-0.2, -0.15) is 4.31 Å². The average Bonchev–Trinajstić information content (AvgIpc) is 3.15. The van der Waals surface area contributed by atoms with Gasteiger partial charge in [-0.3, -0.25) is 0 Å². The molecule has 3 aliphatic rings. The molecule has 1 atom stereocenters. The zero-order valence-corrected chi connectivity index (χ0v) is 21.6. The van der Waals surface area contributed by atoms with Crippen molar-refractivity contribution < 1.29 is 17.9 Å². The number of fused-ring (bicyclic) bond motifs is 1. The molecule has 0 saturated carbocycles. The summed E-state index contributed by atoms with van der Waals surface area (Å²) < 4.78 is 33.0. The second kappa shape index (κ2) is 9.95. The number of hydrogen-bond acceptors (Lipinski definition) is 7. The third kappa shape index (κ3) is 4.91. The monoisotopic (exact) mass is 514 g/mol. The summed E-state index contributed by atoms with van der Waals surface area (Å²) in [6.07, 6.45) is 5.06. The van der Waals surface area contributed by atoms with Crippen LogP contribution in [0.3, 0.4) is 0 Å². The first-order chi connectivity index (χ1) is 17.2. The van der Waals surface area contributed by atoms with Gasteiger partial charge in [0, 0.05) is 50.1 Å². The van der Waals surface area contributed by atoms with Crippen molar-refractivity contribution in [1.82, 2.24) is 24.5 Å². The number of rotatable bonds is 5. The highest BCUT2D eigenvalue weighted by Gasteiger charge is 2.43. The molecular weight excluding hydrogens is 480 g/mol. The topological polar surface area (TPSA) is 117 Å². The number of anilines is 1. The standard InChI is InChI=1S/C25H34N6O4S/c1-25(2)21-15-26-23(27-18-10-13-35-14-11-18)29-22(21)17-31(25)24(32)28-19-7-6-12-30(16-19)36(33,34)20-8-4-3-5-9-20/h3-5,8-9,15,18-19H,6-7,10-14,16-17H2,1-2H3,(H,28,32)(H,26,27,29). The van der Waals surface area contributed by atoms with Gasteiger partial charge in [0.15, 0.2) is 0 Å². The minimum atomic E-state index is -3.60. The Labute approximate surface area is 212 Å². The highest BCUT2D eigenvalue weighted by Crippen LogP contribution is 2.38. The van der Waals surface area contributed by atoms with Crippen molar-refractivity contribution in [1.29, 1.82) is 0 Å². The molecule has 0 aliphatic carbocycles. The number of amides is 2. The van der Waals surface area contributed by atoms with Crippen LogP contribution in [0.25, 0.3) is 0 Å². The normalized spacial score (nSPS) is 22.7. The first-order valence-electron chi connectivity index (χ1n) is 12.6. The summed E-state index contributed by atoms with van der Waals surface area (Å²) >= 11 is 0. The summed E-state index contributed by atoms with van der Waals surface area (Å²) in [6, 6.07) is 8.24. The van der Waals surface area contributed by atoms with Crippen molar-refractivity contribution in [2.45, 2.75) is 68.6 Å². The molecule has 10 nitrogen and oxygen atoms in total. The lowest BCUT2D eigenvalue weighted by Crippen LogP contribution is -2.54. The van der Waals surface area contributed by atoms with Gasteiger partial charge in [0.05, 0.1) is 22.7 Å². The molecule has 3 aliphatic heterocycles. The Hall–Kier alpha value is -2.76. The van der Waals surface area contributed by atoms with Crippen molar-refractivity contribution in [3.05, 3.63) is 47.8 Å². The van der Waals surface area contributed by atoms with Crippen LogP contribution in [0.2, 0.25) is 0 Å². The van der Waals surface area contributed by atoms with Crippen molar-refractivity contribution in [3.63, 3.8) is 0 Å². The van der Waals surface area contributed by atoms with Crippen LogP contribution in [0.5, 0.6) is 0 Å². The van der Waals surface area contributed by atoms with E-state index in [1.165, 1.54) is 4.31 Å². The number of nitrogens with one attached hydrogen (secondary N) is 2. The summed E-state index contributed by atoms with van der Waals surface area (Å²) in [5.41, 5.74) is 1.17. The van der Waals surface area contributed by atoms with Crippen molar-refractivity contribution in [2.75, 3.05) is 31.6 Å². The van der Waals surface area contributed by atoms with Crippen molar-refractivity contribution in [2.24, 2.45) is 0 Å². The molecule has 2 saturated heterocycles. The van der Waals surface area contributed by atoms with E-state index >= 15 is 0 Å². The van der Waals surface area contributed by atoms with Crippen LogP contribution in [0, 0.1) is 0 Å². The Kier molecular flexibility index (Phi) is 6.88. The van der Waals surface area contributed by atoms with Gasteiger partial charge in [0.2, 0.25) is 16.0 Å². The van der Waals surface area contributed by atoms with E-state index in [1.807, 2.05) is 20.0 Å². The highest BCUT2D eigenvalue weighted by molar-refractivity contribution is 7.89. The van der Waals surface area contributed by atoms with Crippen LogP contribution >= 0.6 is 0 Å². The maximum Gasteiger partial charge on any atom is 0.318 e. The molecule has 194 valence electrons. The number of carbonyl (C=O) groups excluding carboxylic acids is 1. The number of sulfonamides is 1. The third-order valence-corrected chi connectivity index (χ3v) is 9.28. The van der Waals surface area contributed by atoms with Gasteiger partial charge < -0.3 is 20.3 Å².